The van der Waals surface area contributed by atoms with Crippen LogP contribution in [0.2, 0.25) is 0 Å². The highest BCUT2D eigenvalue weighted by molar-refractivity contribution is 7.94. The Morgan fingerprint density at radius 3 is 2.97 bits per heavy atom. The van der Waals surface area contributed by atoms with E-state index in [1.807, 2.05) is 24.4 Å². The number of likely N-dealkylation sites (tertiary alicyclic amines) is 1. The largest absolute Gasteiger partial charge is 0.481 e. The van der Waals surface area contributed by atoms with Crippen molar-refractivity contribution in [3.63, 3.8) is 0 Å². The van der Waals surface area contributed by atoms with Gasteiger partial charge in [0.25, 0.3) is 10.0 Å². The highest BCUT2D eigenvalue weighted by Crippen LogP contribution is 2.33. The third kappa shape index (κ3) is 4.61. The SMILES string of the molecule is Cc1ccsc1S(=O)(=O)Nc1cccc2cc(-c3ncc(CN4CCCC(C(=O)O)C4)s3)[nH]c12. The zero-order chi connectivity index (χ0) is 23.9. The quantitative estimate of drug-likeness (QED) is 0.326. The fourth-order valence-electron chi connectivity index (χ4n) is 4.31. The van der Waals surface area contributed by atoms with Gasteiger partial charge in [0, 0.05) is 29.5 Å². The molecule has 0 aliphatic carbocycles. The van der Waals surface area contributed by atoms with Crippen molar-refractivity contribution >= 4 is 55.3 Å². The number of thiophene rings is 1. The van der Waals surface area contributed by atoms with Crippen molar-refractivity contribution in [3.8, 4) is 10.7 Å². The van der Waals surface area contributed by atoms with E-state index >= 15 is 0 Å². The van der Waals surface area contributed by atoms with Crippen molar-refractivity contribution in [2.75, 3.05) is 17.8 Å². The fraction of sp³-hybridized carbons (Fsp3) is 0.304. The number of piperidine rings is 1. The molecule has 178 valence electrons. The standard InChI is InChI=1S/C23H24N4O4S3/c1-14-7-9-32-23(14)34(30,31)26-18-6-2-4-15-10-19(25-20(15)18)21-24-11-17(33-21)13-27-8-3-5-16(12-27)22(28)29/h2,4,6-7,9-11,16,25-26H,3,5,8,12-13H2,1H3,(H,28,29). The van der Waals surface area contributed by atoms with Gasteiger partial charge in [-0.2, -0.15) is 0 Å². The number of carboxylic acids is 1. The van der Waals surface area contributed by atoms with Gasteiger partial charge in [-0.1, -0.05) is 12.1 Å². The minimum absolute atomic E-state index is 0.309. The summed E-state index contributed by atoms with van der Waals surface area (Å²) in [6.45, 7) is 3.90. The molecule has 1 fully saturated rings. The molecule has 3 aromatic heterocycles. The van der Waals surface area contributed by atoms with Crippen molar-refractivity contribution in [1.29, 1.82) is 0 Å². The number of benzene rings is 1. The number of aromatic nitrogens is 2. The van der Waals surface area contributed by atoms with E-state index in [0.29, 0.717) is 28.5 Å². The highest BCUT2D eigenvalue weighted by Gasteiger charge is 2.26. The number of hydrogen-bond donors (Lipinski definition) is 3. The number of nitrogens with one attached hydrogen (secondary N) is 2. The minimum atomic E-state index is -3.68. The second-order valence-corrected chi connectivity index (χ2v) is 12.4. The maximum absolute atomic E-state index is 12.9. The van der Waals surface area contributed by atoms with Crippen LogP contribution >= 0.6 is 22.7 Å². The van der Waals surface area contributed by atoms with E-state index < -0.39 is 16.0 Å². The van der Waals surface area contributed by atoms with Gasteiger partial charge >= 0.3 is 5.97 Å². The normalized spacial score (nSPS) is 17.3. The first-order valence-electron chi connectivity index (χ1n) is 10.9. The number of carboxylic acid groups (broad SMARTS) is 1. The first kappa shape index (κ1) is 23.0. The average molecular weight is 517 g/mol. The van der Waals surface area contributed by atoms with E-state index in [-0.39, 0.29) is 5.92 Å². The molecule has 3 N–H and O–H groups in total. The Hall–Kier alpha value is -2.73. The number of aromatic amines is 1. The summed E-state index contributed by atoms with van der Waals surface area (Å²) in [6, 6.07) is 9.25. The molecular weight excluding hydrogens is 492 g/mol. The van der Waals surface area contributed by atoms with Gasteiger partial charge in [-0.3, -0.25) is 14.4 Å². The molecule has 8 nitrogen and oxygen atoms in total. The third-order valence-corrected chi connectivity index (χ3v) is 10.0. The van der Waals surface area contributed by atoms with Crippen LogP contribution < -0.4 is 4.72 Å². The summed E-state index contributed by atoms with van der Waals surface area (Å²) in [4.78, 5) is 22.5. The van der Waals surface area contributed by atoms with Gasteiger partial charge in [0.2, 0.25) is 0 Å². The number of H-pyrrole nitrogens is 1. The molecule has 1 atom stereocenters. The van der Waals surface area contributed by atoms with Crippen LogP contribution in [0.4, 0.5) is 5.69 Å². The van der Waals surface area contributed by atoms with Crippen LogP contribution in [0, 0.1) is 12.8 Å². The van der Waals surface area contributed by atoms with Crippen molar-refractivity contribution in [2.24, 2.45) is 5.92 Å². The lowest BCUT2D eigenvalue weighted by molar-refractivity contribution is -0.143. The van der Waals surface area contributed by atoms with E-state index in [0.717, 1.165) is 45.9 Å². The molecule has 4 heterocycles. The maximum atomic E-state index is 12.9. The van der Waals surface area contributed by atoms with Gasteiger partial charge in [-0.25, -0.2) is 13.4 Å². The van der Waals surface area contributed by atoms with Gasteiger partial charge in [0.05, 0.1) is 22.8 Å². The molecule has 11 heteroatoms. The summed E-state index contributed by atoms with van der Waals surface area (Å²) in [5.41, 5.74) is 2.72. The number of thiazole rings is 1. The van der Waals surface area contributed by atoms with E-state index in [4.69, 9.17) is 0 Å². The van der Waals surface area contributed by atoms with E-state index in [9.17, 15) is 18.3 Å². The first-order valence-corrected chi connectivity index (χ1v) is 14.1. The summed E-state index contributed by atoms with van der Waals surface area (Å²) >= 11 is 2.75. The van der Waals surface area contributed by atoms with Crippen molar-refractivity contribution in [2.45, 2.75) is 30.5 Å². The lowest BCUT2D eigenvalue weighted by Gasteiger charge is -2.29. The molecule has 5 rings (SSSR count). The fourth-order valence-corrected chi connectivity index (χ4v) is 7.73. The summed E-state index contributed by atoms with van der Waals surface area (Å²) in [5.74, 6) is -1.04. The molecule has 0 radical (unpaired) electrons. The predicted molar refractivity (Wildman–Crippen MR) is 135 cm³/mol. The van der Waals surface area contributed by atoms with Crippen LogP contribution in [0.1, 0.15) is 23.3 Å². The minimum Gasteiger partial charge on any atom is -0.481 e. The number of fused-ring (bicyclic) bond motifs is 1. The van der Waals surface area contributed by atoms with Crippen LogP contribution in [0.25, 0.3) is 21.6 Å². The van der Waals surface area contributed by atoms with E-state index in [1.54, 1.807) is 35.8 Å². The number of nitrogens with zero attached hydrogens (tertiary/aromatic N) is 2. The number of rotatable bonds is 7. The zero-order valence-electron chi connectivity index (χ0n) is 18.4. The second-order valence-electron chi connectivity index (χ2n) is 8.49. The Balaban J connectivity index is 1.37. The zero-order valence-corrected chi connectivity index (χ0v) is 20.9. The van der Waals surface area contributed by atoms with Crippen LogP contribution in [0.5, 0.6) is 0 Å². The summed E-state index contributed by atoms with van der Waals surface area (Å²) in [6.07, 6.45) is 3.44. The number of sulfonamides is 1. The lowest BCUT2D eigenvalue weighted by atomic mass is 9.98. The molecule has 34 heavy (non-hydrogen) atoms. The van der Waals surface area contributed by atoms with Crippen molar-refractivity contribution in [1.82, 2.24) is 14.9 Å². The Morgan fingerprint density at radius 2 is 2.21 bits per heavy atom. The van der Waals surface area contributed by atoms with Crippen LogP contribution in [-0.4, -0.2) is 47.5 Å². The monoisotopic (exact) mass is 516 g/mol. The summed E-state index contributed by atoms with van der Waals surface area (Å²) < 4.78 is 28.8. The third-order valence-electron chi connectivity index (χ3n) is 5.98. The van der Waals surface area contributed by atoms with Gasteiger partial charge in [-0.15, -0.1) is 22.7 Å². The predicted octanol–water partition coefficient (Wildman–Crippen LogP) is 4.76. The second kappa shape index (κ2) is 9.14. The summed E-state index contributed by atoms with van der Waals surface area (Å²) in [7, 11) is -3.68. The number of hydrogen-bond acceptors (Lipinski definition) is 7. The van der Waals surface area contributed by atoms with Gasteiger partial charge < -0.3 is 10.1 Å². The number of anilines is 1. The molecule has 1 aliphatic rings. The molecule has 1 saturated heterocycles. The first-order chi connectivity index (χ1) is 16.3. The Labute approximate surface area is 205 Å². The average Bonchev–Trinajstić information content (AvgIpc) is 3.53. The molecular formula is C23H24N4O4S3. The molecule has 0 saturated carbocycles. The Kier molecular flexibility index (Phi) is 6.19. The summed E-state index contributed by atoms with van der Waals surface area (Å²) in [5, 5.41) is 12.8. The number of para-hydroxylation sites is 1. The van der Waals surface area contributed by atoms with Gasteiger partial charge in [-0.05, 0) is 55.5 Å². The Morgan fingerprint density at radius 1 is 1.35 bits per heavy atom. The number of carbonyl (C=O) groups is 1. The smallest absolute Gasteiger partial charge is 0.307 e. The van der Waals surface area contributed by atoms with E-state index in [2.05, 4.69) is 19.6 Å². The van der Waals surface area contributed by atoms with Crippen LogP contribution in [0.3, 0.4) is 0 Å². The molecule has 4 aromatic rings. The van der Waals surface area contributed by atoms with Gasteiger partial charge in [0.15, 0.2) is 0 Å². The molecule has 1 unspecified atom stereocenters. The van der Waals surface area contributed by atoms with Crippen molar-refractivity contribution < 1.29 is 18.3 Å². The molecule has 0 spiro atoms. The maximum Gasteiger partial charge on any atom is 0.307 e. The molecule has 0 amide bonds. The number of aryl methyl sites for hydroxylation is 1. The number of aliphatic carboxylic acids is 1. The molecule has 1 aliphatic heterocycles. The van der Waals surface area contributed by atoms with E-state index in [1.165, 1.54) is 11.3 Å². The van der Waals surface area contributed by atoms with Crippen molar-refractivity contribution in [3.05, 3.63) is 52.3 Å². The topological polar surface area (TPSA) is 115 Å². The lowest BCUT2D eigenvalue weighted by Crippen LogP contribution is -2.37. The molecule has 1 aromatic carbocycles. The highest BCUT2D eigenvalue weighted by atomic mass is 32.2. The molecule has 0 bridgehead atoms. The van der Waals surface area contributed by atoms with Gasteiger partial charge in [0.1, 0.15) is 9.22 Å². The van der Waals surface area contributed by atoms with Crippen LogP contribution in [0.15, 0.2) is 46.1 Å². The Bertz CT molecular complexity index is 1450. The van der Waals surface area contributed by atoms with Crippen LogP contribution in [-0.2, 0) is 21.4 Å².